The van der Waals surface area contributed by atoms with Gasteiger partial charge >= 0.3 is 0 Å². The monoisotopic (exact) mass is 391 g/mol. The van der Waals surface area contributed by atoms with Gasteiger partial charge in [0.15, 0.2) is 11.8 Å². The third-order valence-corrected chi connectivity index (χ3v) is 5.05. The van der Waals surface area contributed by atoms with E-state index in [1.807, 2.05) is 0 Å². The van der Waals surface area contributed by atoms with E-state index in [0.29, 0.717) is 5.65 Å². The number of hydrogen-bond acceptors (Lipinski definition) is 5. The van der Waals surface area contributed by atoms with Gasteiger partial charge in [0.2, 0.25) is 0 Å². The molecular formula is C19H20F3N5O. The topological polar surface area (TPSA) is 75.7 Å². The summed E-state index contributed by atoms with van der Waals surface area (Å²) in [4.78, 5) is 8.37. The Balaban J connectivity index is 1.28. The molecule has 2 heterocycles. The molecule has 148 valence electrons. The normalized spacial score (nSPS) is 21.0. The quantitative estimate of drug-likeness (QED) is 0.662. The Hall–Kier alpha value is -2.68. The van der Waals surface area contributed by atoms with Crippen molar-refractivity contribution in [1.82, 2.24) is 20.2 Å². The van der Waals surface area contributed by atoms with Crippen LogP contribution in [0.15, 0.2) is 30.7 Å². The number of anilines is 1. The Kier molecular flexibility index (Phi) is 5.43. The van der Waals surface area contributed by atoms with Crippen molar-refractivity contribution in [3.8, 4) is 0 Å². The van der Waals surface area contributed by atoms with E-state index in [1.165, 1.54) is 12.4 Å². The molecule has 28 heavy (non-hydrogen) atoms. The zero-order chi connectivity index (χ0) is 19.5. The number of H-pyrrole nitrogens is 1. The number of aromatic amines is 1. The highest BCUT2D eigenvalue weighted by Gasteiger charge is 2.25. The number of fused-ring (bicyclic) bond motifs is 1. The molecule has 0 amide bonds. The van der Waals surface area contributed by atoms with Gasteiger partial charge < -0.3 is 10.1 Å². The van der Waals surface area contributed by atoms with Crippen molar-refractivity contribution in [3.63, 3.8) is 0 Å². The SMILES string of the molecule is Fc1cccc(F)c1C(F)COC1CCC(Nc2ncnc3[nH]ncc23)CC1. The number of benzene rings is 1. The van der Waals surface area contributed by atoms with E-state index in [1.54, 1.807) is 6.20 Å². The maximum Gasteiger partial charge on any atom is 0.160 e. The Morgan fingerprint density at radius 2 is 1.89 bits per heavy atom. The zero-order valence-corrected chi connectivity index (χ0v) is 15.0. The van der Waals surface area contributed by atoms with Crippen molar-refractivity contribution in [2.45, 2.75) is 44.0 Å². The molecule has 1 aromatic carbocycles. The van der Waals surface area contributed by atoms with Gasteiger partial charge in [-0.25, -0.2) is 23.1 Å². The van der Waals surface area contributed by atoms with E-state index >= 15 is 0 Å². The van der Waals surface area contributed by atoms with Crippen molar-refractivity contribution in [2.24, 2.45) is 0 Å². The van der Waals surface area contributed by atoms with Gasteiger partial charge in [0.1, 0.15) is 23.8 Å². The van der Waals surface area contributed by atoms with E-state index < -0.39 is 23.4 Å². The lowest BCUT2D eigenvalue weighted by Gasteiger charge is -2.30. The van der Waals surface area contributed by atoms with Gasteiger partial charge in [-0.05, 0) is 37.8 Å². The van der Waals surface area contributed by atoms with Crippen LogP contribution in [0.3, 0.4) is 0 Å². The number of halogens is 3. The standard InChI is InChI=1S/C19H20F3N5O/c20-14-2-1-3-15(21)17(14)16(22)9-28-12-6-4-11(5-7-12)26-18-13-8-25-27-19(13)24-10-23-18/h1-3,8,10-12,16H,4-7,9H2,(H2,23,24,25,26,27). The summed E-state index contributed by atoms with van der Waals surface area (Å²) in [5.41, 5.74) is 0.106. The smallest absolute Gasteiger partial charge is 0.160 e. The average molecular weight is 391 g/mol. The van der Waals surface area contributed by atoms with Crippen molar-refractivity contribution in [1.29, 1.82) is 0 Å². The molecule has 0 aliphatic heterocycles. The van der Waals surface area contributed by atoms with Crippen molar-refractivity contribution in [2.75, 3.05) is 11.9 Å². The predicted molar refractivity (Wildman–Crippen MR) is 97.5 cm³/mol. The molecule has 2 N–H and O–H groups in total. The molecular weight excluding hydrogens is 371 g/mol. The van der Waals surface area contributed by atoms with Crippen LogP contribution in [0.1, 0.15) is 37.4 Å². The fourth-order valence-corrected chi connectivity index (χ4v) is 3.56. The minimum absolute atomic E-state index is 0.134. The highest BCUT2D eigenvalue weighted by molar-refractivity contribution is 5.85. The zero-order valence-electron chi connectivity index (χ0n) is 15.0. The van der Waals surface area contributed by atoms with Gasteiger partial charge in [-0.3, -0.25) is 5.10 Å². The predicted octanol–water partition coefficient (Wildman–Crippen LogP) is 4.08. The van der Waals surface area contributed by atoms with Gasteiger partial charge in [-0.15, -0.1) is 0 Å². The molecule has 0 radical (unpaired) electrons. The molecule has 2 aromatic heterocycles. The second kappa shape index (κ2) is 8.14. The molecule has 4 rings (SSSR count). The van der Waals surface area contributed by atoms with E-state index in [-0.39, 0.29) is 18.8 Å². The van der Waals surface area contributed by atoms with Gasteiger partial charge in [0, 0.05) is 6.04 Å². The molecule has 3 aromatic rings. The first-order valence-corrected chi connectivity index (χ1v) is 9.22. The molecule has 0 spiro atoms. The van der Waals surface area contributed by atoms with Crippen LogP contribution in [-0.2, 0) is 4.74 Å². The molecule has 6 nitrogen and oxygen atoms in total. The van der Waals surface area contributed by atoms with E-state index in [2.05, 4.69) is 25.5 Å². The van der Waals surface area contributed by atoms with Crippen LogP contribution in [0.4, 0.5) is 19.0 Å². The largest absolute Gasteiger partial charge is 0.375 e. The highest BCUT2D eigenvalue weighted by Crippen LogP contribution is 2.29. The van der Waals surface area contributed by atoms with Gasteiger partial charge in [0.05, 0.1) is 29.9 Å². The first kappa shape index (κ1) is 18.7. The number of nitrogens with zero attached hydrogens (tertiary/aromatic N) is 3. The Bertz CT molecular complexity index is 922. The average Bonchev–Trinajstić information content (AvgIpc) is 3.17. The second-order valence-electron chi connectivity index (χ2n) is 6.91. The molecule has 1 aliphatic rings. The van der Waals surface area contributed by atoms with Crippen molar-refractivity contribution in [3.05, 3.63) is 47.9 Å². The first-order chi connectivity index (χ1) is 13.6. The molecule has 1 saturated carbocycles. The van der Waals surface area contributed by atoms with E-state index in [4.69, 9.17) is 4.74 Å². The number of nitrogens with one attached hydrogen (secondary N) is 2. The Morgan fingerprint density at radius 1 is 1.14 bits per heavy atom. The number of alkyl halides is 1. The number of hydrogen-bond donors (Lipinski definition) is 2. The summed E-state index contributed by atoms with van der Waals surface area (Å²) in [6, 6.07) is 3.51. The lowest BCUT2D eigenvalue weighted by Crippen LogP contribution is -2.30. The van der Waals surface area contributed by atoms with Gasteiger partial charge in [-0.1, -0.05) is 6.07 Å². The molecule has 1 aliphatic carbocycles. The summed E-state index contributed by atoms with van der Waals surface area (Å²) < 4.78 is 47.1. The van der Waals surface area contributed by atoms with Crippen LogP contribution in [-0.4, -0.2) is 38.9 Å². The van der Waals surface area contributed by atoms with Crippen LogP contribution in [0.2, 0.25) is 0 Å². The van der Waals surface area contributed by atoms with Gasteiger partial charge in [0.25, 0.3) is 0 Å². The maximum absolute atomic E-state index is 14.3. The molecule has 9 heteroatoms. The minimum atomic E-state index is -1.83. The number of rotatable bonds is 6. The summed E-state index contributed by atoms with van der Waals surface area (Å²) in [5, 5.41) is 11.0. The Morgan fingerprint density at radius 3 is 2.64 bits per heavy atom. The van der Waals surface area contributed by atoms with Crippen LogP contribution in [0.25, 0.3) is 11.0 Å². The molecule has 1 atom stereocenters. The maximum atomic E-state index is 14.3. The third-order valence-electron chi connectivity index (χ3n) is 5.05. The highest BCUT2D eigenvalue weighted by atomic mass is 19.2. The van der Waals surface area contributed by atoms with E-state index in [0.717, 1.165) is 49.0 Å². The van der Waals surface area contributed by atoms with Crippen LogP contribution >= 0.6 is 0 Å². The number of ether oxygens (including phenoxy) is 1. The number of aromatic nitrogens is 4. The molecule has 0 saturated heterocycles. The molecule has 1 unspecified atom stereocenters. The summed E-state index contributed by atoms with van der Waals surface area (Å²) in [5.74, 6) is -1.05. The summed E-state index contributed by atoms with van der Waals surface area (Å²) in [7, 11) is 0. The minimum Gasteiger partial charge on any atom is -0.375 e. The second-order valence-corrected chi connectivity index (χ2v) is 6.91. The van der Waals surface area contributed by atoms with Crippen molar-refractivity contribution < 1.29 is 17.9 Å². The lowest BCUT2D eigenvalue weighted by atomic mass is 9.93. The summed E-state index contributed by atoms with van der Waals surface area (Å²) >= 11 is 0. The molecule has 0 bridgehead atoms. The van der Waals surface area contributed by atoms with Crippen LogP contribution in [0, 0.1) is 11.6 Å². The van der Waals surface area contributed by atoms with Crippen LogP contribution in [0.5, 0.6) is 0 Å². The van der Waals surface area contributed by atoms with E-state index in [9.17, 15) is 13.2 Å². The van der Waals surface area contributed by atoms with Crippen LogP contribution < -0.4 is 5.32 Å². The van der Waals surface area contributed by atoms with Gasteiger partial charge in [-0.2, -0.15) is 5.10 Å². The molecule has 1 fully saturated rings. The fraction of sp³-hybridized carbons (Fsp3) is 0.421. The lowest BCUT2D eigenvalue weighted by molar-refractivity contribution is -0.00386. The summed E-state index contributed by atoms with van der Waals surface area (Å²) in [6.45, 7) is -0.359. The Labute approximate surface area is 159 Å². The van der Waals surface area contributed by atoms with Crippen molar-refractivity contribution >= 4 is 16.9 Å². The third kappa shape index (κ3) is 3.94. The first-order valence-electron chi connectivity index (χ1n) is 9.22. The fourth-order valence-electron chi connectivity index (χ4n) is 3.56. The summed E-state index contributed by atoms with van der Waals surface area (Å²) in [6.07, 6.45) is 4.28.